The van der Waals surface area contributed by atoms with Crippen molar-refractivity contribution in [3.05, 3.63) is 22.3 Å². The number of pyridine rings is 1. The summed E-state index contributed by atoms with van der Waals surface area (Å²) < 4.78 is 6.24. The molecule has 2 aromatic heterocycles. The van der Waals surface area contributed by atoms with Gasteiger partial charge in [0.1, 0.15) is 4.88 Å². The van der Waals surface area contributed by atoms with Crippen LogP contribution in [0.15, 0.2) is 6.07 Å². The predicted molar refractivity (Wildman–Crippen MR) is 84.8 cm³/mol. The van der Waals surface area contributed by atoms with Gasteiger partial charge in [-0.25, -0.2) is 0 Å². The highest BCUT2D eigenvalue weighted by molar-refractivity contribution is 7.21. The Balaban J connectivity index is 1.85. The van der Waals surface area contributed by atoms with E-state index >= 15 is 0 Å². The topological polar surface area (TPSA) is 77.2 Å². The van der Waals surface area contributed by atoms with E-state index in [-0.39, 0.29) is 18.1 Å². The molecule has 3 N–H and O–H groups in total. The molecule has 0 radical (unpaired) electrons. The maximum atomic E-state index is 12.4. The SMILES string of the molecule is COC1CC(NC(=O)c2sc3cc(C)nc(C)c3c2N)C1. The number of hydrogen-bond acceptors (Lipinski definition) is 5. The molecule has 0 bridgehead atoms. The zero-order valence-electron chi connectivity index (χ0n) is 12.4. The predicted octanol–water partition coefficient (Wildman–Crippen LogP) is 2.40. The van der Waals surface area contributed by atoms with Crippen molar-refractivity contribution >= 4 is 33.0 Å². The van der Waals surface area contributed by atoms with E-state index in [1.54, 1.807) is 7.11 Å². The minimum absolute atomic E-state index is 0.0923. The zero-order chi connectivity index (χ0) is 15.1. The van der Waals surface area contributed by atoms with Crippen LogP contribution in [-0.2, 0) is 4.74 Å². The average molecular weight is 305 g/mol. The number of nitrogens with zero attached hydrogens (tertiary/aromatic N) is 1. The second kappa shape index (κ2) is 5.27. The molecule has 6 heteroatoms. The molecule has 5 nitrogen and oxygen atoms in total. The highest BCUT2D eigenvalue weighted by atomic mass is 32.1. The molecule has 0 atom stereocenters. The van der Waals surface area contributed by atoms with Gasteiger partial charge >= 0.3 is 0 Å². The van der Waals surface area contributed by atoms with E-state index in [9.17, 15) is 4.79 Å². The molecule has 1 saturated carbocycles. The molecule has 21 heavy (non-hydrogen) atoms. The van der Waals surface area contributed by atoms with E-state index < -0.39 is 0 Å². The zero-order valence-corrected chi connectivity index (χ0v) is 13.2. The van der Waals surface area contributed by atoms with E-state index in [1.165, 1.54) is 11.3 Å². The van der Waals surface area contributed by atoms with E-state index in [1.807, 2.05) is 19.9 Å². The monoisotopic (exact) mass is 305 g/mol. The van der Waals surface area contributed by atoms with Gasteiger partial charge in [0.2, 0.25) is 0 Å². The van der Waals surface area contributed by atoms with Crippen LogP contribution in [0.2, 0.25) is 0 Å². The number of methoxy groups -OCH3 is 1. The van der Waals surface area contributed by atoms with Crippen LogP contribution in [0.25, 0.3) is 10.1 Å². The van der Waals surface area contributed by atoms with Crippen molar-refractivity contribution in [1.82, 2.24) is 10.3 Å². The average Bonchev–Trinajstić information content (AvgIpc) is 2.70. The summed E-state index contributed by atoms with van der Waals surface area (Å²) in [5, 5.41) is 3.93. The van der Waals surface area contributed by atoms with Crippen LogP contribution in [0.3, 0.4) is 0 Å². The first-order chi connectivity index (χ1) is 9.99. The molecule has 2 aromatic rings. The molecular weight excluding hydrogens is 286 g/mol. The quantitative estimate of drug-likeness (QED) is 0.913. The third-order valence-electron chi connectivity index (χ3n) is 3.99. The Kier molecular flexibility index (Phi) is 3.59. The number of nitrogens with two attached hydrogens (primary N) is 1. The number of thiophene rings is 1. The van der Waals surface area contributed by atoms with E-state index in [0.29, 0.717) is 10.6 Å². The Morgan fingerprint density at radius 2 is 2.19 bits per heavy atom. The van der Waals surface area contributed by atoms with Crippen LogP contribution >= 0.6 is 11.3 Å². The maximum Gasteiger partial charge on any atom is 0.263 e. The lowest BCUT2D eigenvalue weighted by Gasteiger charge is -2.34. The van der Waals surface area contributed by atoms with Crippen LogP contribution in [-0.4, -0.2) is 30.1 Å². The van der Waals surface area contributed by atoms with Crippen molar-refractivity contribution in [3.63, 3.8) is 0 Å². The van der Waals surface area contributed by atoms with Crippen molar-refractivity contribution in [1.29, 1.82) is 0 Å². The van der Waals surface area contributed by atoms with Crippen molar-refractivity contribution in [2.45, 2.75) is 38.8 Å². The first-order valence-corrected chi connectivity index (χ1v) is 7.81. The van der Waals surface area contributed by atoms with E-state index in [2.05, 4.69) is 10.3 Å². The number of hydrogen-bond donors (Lipinski definition) is 2. The summed E-state index contributed by atoms with van der Waals surface area (Å²) >= 11 is 1.44. The molecule has 1 fully saturated rings. The van der Waals surface area contributed by atoms with Crippen LogP contribution < -0.4 is 11.1 Å². The molecule has 112 valence electrons. The number of nitrogens with one attached hydrogen (secondary N) is 1. The highest BCUT2D eigenvalue weighted by Crippen LogP contribution is 2.36. The minimum Gasteiger partial charge on any atom is -0.397 e. The van der Waals surface area contributed by atoms with E-state index in [4.69, 9.17) is 10.5 Å². The largest absolute Gasteiger partial charge is 0.397 e. The number of amides is 1. The summed E-state index contributed by atoms with van der Waals surface area (Å²) in [5.41, 5.74) is 8.52. The van der Waals surface area contributed by atoms with Gasteiger partial charge in [0, 0.05) is 34.6 Å². The normalized spacial score (nSPS) is 21.3. The molecule has 1 aliphatic rings. The number of carbonyl (C=O) groups excluding carboxylic acids is 1. The molecule has 0 saturated heterocycles. The molecule has 1 amide bonds. The fraction of sp³-hybridized carbons (Fsp3) is 0.467. The highest BCUT2D eigenvalue weighted by Gasteiger charge is 2.31. The second-order valence-corrected chi connectivity index (χ2v) is 6.62. The fourth-order valence-electron chi connectivity index (χ4n) is 2.78. The number of aromatic nitrogens is 1. The van der Waals surface area contributed by atoms with E-state index in [0.717, 1.165) is 34.3 Å². The lowest BCUT2D eigenvalue weighted by molar-refractivity contribution is 0.0177. The Morgan fingerprint density at radius 1 is 1.48 bits per heavy atom. The van der Waals surface area contributed by atoms with Gasteiger partial charge in [0.25, 0.3) is 5.91 Å². The molecular formula is C15H19N3O2S. The lowest BCUT2D eigenvalue weighted by Crippen LogP contribution is -2.47. The van der Waals surface area contributed by atoms with Gasteiger partial charge in [-0.05, 0) is 32.8 Å². The fourth-order valence-corrected chi connectivity index (χ4v) is 3.95. The molecule has 0 unspecified atom stereocenters. The molecule has 0 aromatic carbocycles. The van der Waals surface area contributed by atoms with Gasteiger partial charge in [0.05, 0.1) is 11.8 Å². The molecule has 0 spiro atoms. The Morgan fingerprint density at radius 3 is 2.86 bits per heavy atom. The number of carbonyl (C=O) groups is 1. The lowest BCUT2D eigenvalue weighted by atomic mass is 9.89. The van der Waals surface area contributed by atoms with Gasteiger partial charge in [-0.15, -0.1) is 11.3 Å². The first-order valence-electron chi connectivity index (χ1n) is 6.99. The van der Waals surface area contributed by atoms with Gasteiger partial charge in [0.15, 0.2) is 0 Å². The molecule has 3 rings (SSSR count). The van der Waals surface area contributed by atoms with Crippen LogP contribution in [0.5, 0.6) is 0 Å². The van der Waals surface area contributed by atoms with Crippen molar-refractivity contribution < 1.29 is 9.53 Å². The summed E-state index contributed by atoms with van der Waals surface area (Å²) in [7, 11) is 1.70. The van der Waals surface area contributed by atoms with Crippen LogP contribution in [0.1, 0.15) is 33.9 Å². The second-order valence-electron chi connectivity index (χ2n) is 5.57. The van der Waals surface area contributed by atoms with Crippen molar-refractivity contribution in [3.8, 4) is 0 Å². The standard InChI is InChI=1S/C15H19N3O2S/c1-7-4-11-12(8(2)17-7)13(16)14(21-11)15(19)18-9-5-10(6-9)20-3/h4,9-10H,5-6,16H2,1-3H3,(H,18,19). The third-order valence-corrected chi connectivity index (χ3v) is 5.14. The number of aryl methyl sites for hydroxylation is 2. The number of fused-ring (bicyclic) bond motifs is 1. The van der Waals surface area contributed by atoms with Gasteiger partial charge in [-0.2, -0.15) is 0 Å². The summed E-state index contributed by atoms with van der Waals surface area (Å²) in [4.78, 5) is 17.4. The third kappa shape index (κ3) is 2.49. The summed E-state index contributed by atoms with van der Waals surface area (Å²) in [5.74, 6) is -0.0923. The number of ether oxygens (including phenoxy) is 1. The summed E-state index contributed by atoms with van der Waals surface area (Å²) in [6, 6.07) is 2.16. The van der Waals surface area contributed by atoms with Gasteiger partial charge < -0.3 is 15.8 Å². The van der Waals surface area contributed by atoms with Crippen molar-refractivity contribution in [2.75, 3.05) is 12.8 Å². The Hall–Kier alpha value is -1.66. The van der Waals surface area contributed by atoms with Gasteiger partial charge in [-0.1, -0.05) is 0 Å². The Bertz CT molecular complexity index is 704. The smallest absolute Gasteiger partial charge is 0.263 e. The molecule has 0 aliphatic heterocycles. The Labute approximate surface area is 127 Å². The van der Waals surface area contributed by atoms with Gasteiger partial charge in [-0.3, -0.25) is 9.78 Å². The summed E-state index contributed by atoms with van der Waals surface area (Å²) in [6.45, 7) is 3.87. The van der Waals surface area contributed by atoms with Crippen LogP contribution in [0, 0.1) is 13.8 Å². The van der Waals surface area contributed by atoms with Crippen molar-refractivity contribution in [2.24, 2.45) is 0 Å². The number of rotatable bonds is 3. The molecule has 2 heterocycles. The molecule has 1 aliphatic carbocycles. The minimum atomic E-state index is -0.0923. The number of anilines is 1. The first kappa shape index (κ1) is 14.3. The maximum absolute atomic E-state index is 12.4. The number of nitrogen functional groups attached to an aromatic ring is 1. The van der Waals surface area contributed by atoms with Crippen LogP contribution in [0.4, 0.5) is 5.69 Å². The summed E-state index contributed by atoms with van der Waals surface area (Å²) in [6.07, 6.45) is 2.00.